The molecule has 2 rings (SSSR count). The molecule has 2 aromatic rings. The van der Waals surface area contributed by atoms with Gasteiger partial charge in [0.1, 0.15) is 5.75 Å². The molecule has 0 aliphatic rings. The fourth-order valence-corrected chi connectivity index (χ4v) is 2.40. The second kappa shape index (κ2) is 9.91. The van der Waals surface area contributed by atoms with E-state index < -0.39 is 11.8 Å². The van der Waals surface area contributed by atoms with Gasteiger partial charge in [0.05, 0.1) is 18.3 Å². The summed E-state index contributed by atoms with van der Waals surface area (Å²) < 4.78 is 0. The summed E-state index contributed by atoms with van der Waals surface area (Å²) in [5, 5.41) is 16.4. The van der Waals surface area contributed by atoms with Crippen LogP contribution in [0.25, 0.3) is 0 Å². The highest BCUT2D eigenvalue weighted by atomic mass is 16.3. The number of amides is 2. The molecule has 0 atom stereocenters. The lowest BCUT2D eigenvalue weighted by Crippen LogP contribution is -2.34. The lowest BCUT2D eigenvalue weighted by Gasteiger charge is -2.21. The van der Waals surface area contributed by atoms with Crippen molar-refractivity contribution in [2.45, 2.75) is 13.8 Å². The Kier molecular flexibility index (Phi) is 7.30. The van der Waals surface area contributed by atoms with Crippen molar-refractivity contribution in [3.8, 4) is 5.75 Å². The summed E-state index contributed by atoms with van der Waals surface area (Å²) in [7, 11) is 0. The molecular weight excluding hydrogens is 346 g/mol. The second-order valence-electron chi connectivity index (χ2n) is 5.63. The van der Waals surface area contributed by atoms with Crippen LogP contribution in [0.2, 0.25) is 0 Å². The smallest absolute Gasteiger partial charge is 0.259 e. The van der Waals surface area contributed by atoms with Gasteiger partial charge >= 0.3 is 0 Å². The summed E-state index contributed by atoms with van der Waals surface area (Å²) in [4.78, 5) is 29.5. The van der Waals surface area contributed by atoms with Crippen LogP contribution < -0.4 is 15.6 Å². The van der Waals surface area contributed by atoms with Crippen molar-refractivity contribution in [2.24, 2.45) is 5.10 Å². The van der Waals surface area contributed by atoms with Gasteiger partial charge in [-0.1, -0.05) is 0 Å². The summed E-state index contributed by atoms with van der Waals surface area (Å²) in [6, 6.07) is 8.50. The number of hydrazone groups is 1. The number of nitrogens with zero attached hydrogens (tertiary/aromatic N) is 3. The average Bonchev–Trinajstić information content (AvgIpc) is 2.69. The van der Waals surface area contributed by atoms with E-state index in [4.69, 9.17) is 0 Å². The third kappa shape index (κ3) is 5.81. The van der Waals surface area contributed by atoms with Gasteiger partial charge in [-0.15, -0.1) is 0 Å². The lowest BCUT2D eigenvalue weighted by atomic mass is 10.2. The van der Waals surface area contributed by atoms with Crippen LogP contribution in [0.1, 0.15) is 29.8 Å². The van der Waals surface area contributed by atoms with Crippen LogP contribution in [0.5, 0.6) is 5.75 Å². The zero-order valence-corrected chi connectivity index (χ0v) is 15.3. The number of phenolic OH excluding ortho intramolecular Hbond substituents is 1. The molecule has 0 bridgehead atoms. The van der Waals surface area contributed by atoms with Crippen molar-refractivity contribution in [2.75, 3.05) is 24.5 Å². The predicted molar refractivity (Wildman–Crippen MR) is 104 cm³/mol. The minimum atomic E-state index is -0.484. The normalized spacial score (nSPS) is 10.6. The van der Waals surface area contributed by atoms with Crippen molar-refractivity contribution in [3.63, 3.8) is 0 Å². The first-order chi connectivity index (χ1) is 13.0. The molecule has 0 aliphatic carbocycles. The Hall–Kier alpha value is -3.42. The van der Waals surface area contributed by atoms with Crippen LogP contribution in [0.15, 0.2) is 47.8 Å². The summed E-state index contributed by atoms with van der Waals surface area (Å²) in [6.45, 7) is 5.53. The maximum absolute atomic E-state index is 11.8. The Balaban J connectivity index is 1.86. The first-order valence-corrected chi connectivity index (χ1v) is 8.63. The minimum Gasteiger partial charge on any atom is -0.507 e. The molecule has 8 nitrogen and oxygen atoms in total. The standard InChI is InChI=1S/C19H23N5O3/c1-3-24(4-2)16-8-7-14(17(25)10-16)12-22-23-18(26)13-21-19(27)15-6-5-9-20-11-15/h5-12,25H,3-4,13H2,1-2H3,(H,21,27)(H,23,26). The highest BCUT2D eigenvalue weighted by molar-refractivity contribution is 5.96. The molecule has 0 saturated heterocycles. The van der Waals surface area contributed by atoms with Crippen LogP contribution in [-0.2, 0) is 4.79 Å². The number of rotatable bonds is 8. The quantitative estimate of drug-likeness (QED) is 0.483. The molecular formula is C19H23N5O3. The summed E-state index contributed by atoms with van der Waals surface area (Å²) >= 11 is 0. The summed E-state index contributed by atoms with van der Waals surface area (Å²) in [6.07, 6.45) is 4.32. The van der Waals surface area contributed by atoms with Gasteiger partial charge in [0.25, 0.3) is 11.8 Å². The third-order valence-corrected chi connectivity index (χ3v) is 3.87. The van der Waals surface area contributed by atoms with Gasteiger partial charge in [0, 0.05) is 42.8 Å². The summed E-state index contributed by atoms with van der Waals surface area (Å²) in [5.41, 5.74) is 4.06. The molecule has 142 valence electrons. The van der Waals surface area contributed by atoms with Gasteiger partial charge in [-0.2, -0.15) is 5.10 Å². The molecule has 27 heavy (non-hydrogen) atoms. The monoisotopic (exact) mass is 369 g/mol. The maximum Gasteiger partial charge on any atom is 0.259 e. The van der Waals surface area contributed by atoms with Gasteiger partial charge in [0.15, 0.2) is 0 Å². The molecule has 3 N–H and O–H groups in total. The molecule has 1 aromatic heterocycles. The predicted octanol–water partition coefficient (Wildman–Crippen LogP) is 1.51. The number of pyridine rings is 1. The Bertz CT molecular complexity index is 804. The molecule has 0 fully saturated rings. The molecule has 0 saturated carbocycles. The lowest BCUT2D eigenvalue weighted by molar-refractivity contribution is -0.120. The molecule has 2 amide bonds. The van der Waals surface area contributed by atoms with Crippen molar-refractivity contribution in [1.29, 1.82) is 0 Å². The zero-order valence-electron chi connectivity index (χ0n) is 15.3. The number of benzene rings is 1. The van der Waals surface area contributed by atoms with E-state index in [2.05, 4.69) is 25.7 Å². The number of aromatic nitrogens is 1. The van der Waals surface area contributed by atoms with Crippen molar-refractivity contribution >= 4 is 23.7 Å². The van der Waals surface area contributed by atoms with Crippen LogP contribution in [0, 0.1) is 0 Å². The maximum atomic E-state index is 11.8. The Morgan fingerprint density at radius 2 is 2.04 bits per heavy atom. The van der Waals surface area contributed by atoms with E-state index >= 15 is 0 Å². The molecule has 0 aliphatic heterocycles. The van der Waals surface area contributed by atoms with Crippen molar-refractivity contribution in [3.05, 3.63) is 53.9 Å². The highest BCUT2D eigenvalue weighted by Crippen LogP contribution is 2.23. The van der Waals surface area contributed by atoms with E-state index in [1.54, 1.807) is 30.5 Å². The highest BCUT2D eigenvalue weighted by Gasteiger charge is 2.08. The van der Waals surface area contributed by atoms with Gasteiger partial charge in [0.2, 0.25) is 0 Å². The first kappa shape index (κ1) is 19.9. The van der Waals surface area contributed by atoms with Gasteiger partial charge < -0.3 is 15.3 Å². The Morgan fingerprint density at radius 1 is 1.26 bits per heavy atom. The van der Waals surface area contributed by atoms with Crippen LogP contribution in [0.3, 0.4) is 0 Å². The molecule has 0 radical (unpaired) electrons. The fraction of sp³-hybridized carbons (Fsp3) is 0.263. The molecule has 0 unspecified atom stereocenters. The number of hydrogen-bond acceptors (Lipinski definition) is 6. The number of carbonyl (C=O) groups excluding carboxylic acids is 2. The van der Waals surface area contributed by atoms with Crippen LogP contribution in [-0.4, -0.2) is 47.8 Å². The van der Waals surface area contributed by atoms with Gasteiger partial charge in [-0.25, -0.2) is 5.43 Å². The molecule has 0 spiro atoms. The molecule has 8 heteroatoms. The largest absolute Gasteiger partial charge is 0.507 e. The first-order valence-electron chi connectivity index (χ1n) is 8.63. The van der Waals surface area contributed by atoms with E-state index in [1.807, 2.05) is 19.9 Å². The fourth-order valence-electron chi connectivity index (χ4n) is 2.40. The van der Waals surface area contributed by atoms with E-state index in [9.17, 15) is 14.7 Å². The zero-order chi connectivity index (χ0) is 19.6. The van der Waals surface area contributed by atoms with Crippen LogP contribution >= 0.6 is 0 Å². The summed E-state index contributed by atoms with van der Waals surface area (Å²) in [5.74, 6) is -0.808. The van der Waals surface area contributed by atoms with E-state index in [1.165, 1.54) is 12.4 Å². The number of phenols is 1. The number of aromatic hydroxyl groups is 1. The van der Waals surface area contributed by atoms with Crippen LogP contribution in [0.4, 0.5) is 5.69 Å². The average molecular weight is 369 g/mol. The Labute approximate surface area is 157 Å². The number of hydrogen-bond donors (Lipinski definition) is 3. The van der Waals surface area contributed by atoms with Gasteiger partial charge in [-0.3, -0.25) is 14.6 Å². The van der Waals surface area contributed by atoms with E-state index in [0.717, 1.165) is 18.8 Å². The van der Waals surface area contributed by atoms with Gasteiger partial charge in [-0.05, 0) is 38.1 Å². The molecule has 1 heterocycles. The SMILES string of the molecule is CCN(CC)c1ccc(C=NNC(=O)CNC(=O)c2cccnc2)c(O)c1. The van der Waals surface area contributed by atoms with E-state index in [0.29, 0.717) is 11.1 Å². The molecule has 1 aromatic carbocycles. The topological polar surface area (TPSA) is 107 Å². The van der Waals surface area contributed by atoms with Crippen molar-refractivity contribution in [1.82, 2.24) is 15.7 Å². The Morgan fingerprint density at radius 3 is 2.67 bits per heavy atom. The second-order valence-corrected chi connectivity index (χ2v) is 5.63. The number of anilines is 1. The number of carbonyl (C=O) groups is 2. The van der Waals surface area contributed by atoms with E-state index in [-0.39, 0.29) is 12.3 Å². The third-order valence-electron chi connectivity index (χ3n) is 3.87. The van der Waals surface area contributed by atoms with Crippen molar-refractivity contribution < 1.29 is 14.7 Å². The number of nitrogens with one attached hydrogen (secondary N) is 2. The minimum absolute atomic E-state index is 0.0716.